The molecule has 1 N–H and O–H groups in total. The first-order valence-corrected chi connectivity index (χ1v) is 45.9. The SMILES string of the molecule is COc1ccc(CO[C@H]([C@@H](C)[C@@H](CC[C@H](C)C[C@@H](C)[C@@H](O[Si](C)(C)C(C)(C)C)[C@@H](C)/C=C\[C@H](C[C@H](O[Si](C)(C)C(C)(C)C)[C@@H](C)/C=C/COC(c2ccccc2)(c2ccccc2)c2ccccc2)O[Si](C)(C)C(C)(C)C)O[Si](C)(C)C(C)(C)C)[C@@H](C)CO)cc1. The number of ether oxygens (including phenoxy) is 3. The van der Waals surface area contributed by atoms with E-state index in [0.29, 0.717) is 19.1 Å². The second-order valence-electron chi connectivity index (χ2n) is 33.0. The van der Waals surface area contributed by atoms with Crippen LogP contribution in [0.4, 0.5) is 0 Å². The monoisotopic (exact) mass is 1310 g/mol. The van der Waals surface area contributed by atoms with Crippen LogP contribution in [0.25, 0.3) is 0 Å². The van der Waals surface area contributed by atoms with E-state index in [1.807, 2.05) is 12.1 Å². The summed E-state index contributed by atoms with van der Waals surface area (Å²) in [5.74, 6) is 1.65. The Morgan fingerprint density at radius 2 is 0.889 bits per heavy atom. The van der Waals surface area contributed by atoms with Crippen molar-refractivity contribution in [1.82, 2.24) is 0 Å². The van der Waals surface area contributed by atoms with Gasteiger partial charge in [0.2, 0.25) is 0 Å². The van der Waals surface area contributed by atoms with Crippen molar-refractivity contribution < 1.29 is 37.0 Å². The van der Waals surface area contributed by atoms with E-state index < -0.39 is 38.9 Å². The molecule has 0 saturated heterocycles. The van der Waals surface area contributed by atoms with Crippen LogP contribution in [-0.2, 0) is 39.4 Å². The number of benzene rings is 4. The molecule has 0 aliphatic carbocycles. The Bertz CT molecular complexity index is 2640. The van der Waals surface area contributed by atoms with Gasteiger partial charge < -0.3 is 37.0 Å². The van der Waals surface area contributed by atoms with Gasteiger partial charge in [-0.3, -0.25) is 0 Å². The Morgan fingerprint density at radius 3 is 1.32 bits per heavy atom. The maximum atomic E-state index is 10.7. The van der Waals surface area contributed by atoms with Crippen LogP contribution in [0.15, 0.2) is 140 Å². The molecule has 0 aromatic heterocycles. The zero-order chi connectivity index (χ0) is 67.9. The largest absolute Gasteiger partial charge is 0.497 e. The topological polar surface area (TPSA) is 84.8 Å². The lowest BCUT2D eigenvalue weighted by atomic mass is 9.80. The third kappa shape index (κ3) is 22.2. The van der Waals surface area contributed by atoms with E-state index in [1.54, 1.807) is 7.11 Å². The summed E-state index contributed by atoms with van der Waals surface area (Å²) < 4.78 is 49.8. The highest BCUT2D eigenvalue weighted by Gasteiger charge is 2.46. The number of methoxy groups -OCH3 is 1. The van der Waals surface area contributed by atoms with Crippen LogP contribution in [0.1, 0.15) is 173 Å². The van der Waals surface area contributed by atoms with E-state index in [1.165, 1.54) is 0 Å². The van der Waals surface area contributed by atoms with E-state index >= 15 is 0 Å². The predicted molar refractivity (Wildman–Crippen MR) is 394 cm³/mol. The summed E-state index contributed by atoms with van der Waals surface area (Å²) in [6.07, 6.45) is 12.5. The molecule has 8 nitrogen and oxygen atoms in total. The number of rotatable bonds is 35. The number of aliphatic hydroxyl groups is 1. The van der Waals surface area contributed by atoms with Crippen molar-refractivity contribution >= 4 is 33.3 Å². The predicted octanol–water partition coefficient (Wildman–Crippen LogP) is 21.6. The summed E-state index contributed by atoms with van der Waals surface area (Å²) in [7, 11) is -7.35. The quantitative estimate of drug-likeness (QED) is 0.0277. The highest BCUT2D eigenvalue weighted by molar-refractivity contribution is 6.75. The van der Waals surface area contributed by atoms with Gasteiger partial charge in [-0.25, -0.2) is 0 Å². The second kappa shape index (κ2) is 33.4. The average Bonchev–Trinajstić information content (AvgIpc) is 0.816. The molecule has 0 aliphatic heterocycles. The molecule has 4 rings (SSSR count). The van der Waals surface area contributed by atoms with Gasteiger partial charge in [0.25, 0.3) is 0 Å². The maximum Gasteiger partial charge on any atom is 0.192 e. The first-order chi connectivity index (χ1) is 41.5. The molecule has 4 aromatic carbocycles. The fourth-order valence-corrected chi connectivity index (χ4v) is 16.9. The fourth-order valence-electron chi connectivity index (χ4n) is 11.3. The van der Waals surface area contributed by atoms with Crippen molar-refractivity contribution in [2.75, 3.05) is 20.3 Å². The van der Waals surface area contributed by atoms with Crippen LogP contribution < -0.4 is 4.74 Å². The van der Waals surface area contributed by atoms with Crippen LogP contribution in [0, 0.1) is 35.5 Å². The van der Waals surface area contributed by atoms with Gasteiger partial charge in [0.15, 0.2) is 33.3 Å². The van der Waals surface area contributed by atoms with Gasteiger partial charge in [-0.2, -0.15) is 0 Å². The smallest absolute Gasteiger partial charge is 0.192 e. The van der Waals surface area contributed by atoms with Crippen molar-refractivity contribution in [3.05, 3.63) is 162 Å². The molecule has 0 fully saturated rings. The third-order valence-corrected chi connectivity index (χ3v) is 39.4. The van der Waals surface area contributed by atoms with Gasteiger partial charge in [-0.15, -0.1) is 0 Å². The minimum Gasteiger partial charge on any atom is -0.497 e. The molecule has 0 aliphatic rings. The van der Waals surface area contributed by atoms with Gasteiger partial charge in [0, 0.05) is 24.9 Å². The standard InChI is InChI=1S/C78H130O8Si4/c1-58(45-52-70(84-88(22,23)75(10,11)12)63(6)73(62(5)56-79)81-57-64-47-50-68(80-19)51-48-64)54-61(4)72(86-90(26,27)77(16,17)18)60(3)46-49-69(83-87(20,21)74(7,8)9)55-71(85-89(24,25)76(13,14)15)59(2)38-37-53-82-78(65-39-31-28-32-40-65,66-41-33-29-34-42-66)67-43-35-30-36-44-67/h28-44,46-51,58-63,69-73,79H,45,52-57H2,1-27H3/b38-37+,49-46-/t58-,59-,60-,61+,62-,63-,69+,70+,71-,72-,73-/m0/s1. The van der Waals surface area contributed by atoms with Gasteiger partial charge in [-0.05, 0) is 150 Å². The van der Waals surface area contributed by atoms with Gasteiger partial charge >= 0.3 is 0 Å². The highest BCUT2D eigenvalue weighted by Crippen LogP contribution is 2.46. The Hall–Kier alpha value is -3.25. The van der Waals surface area contributed by atoms with Crippen molar-refractivity contribution in [2.45, 2.75) is 266 Å². The van der Waals surface area contributed by atoms with Crippen LogP contribution in [0.5, 0.6) is 5.75 Å². The molecule has 11 atom stereocenters. The molecule has 0 saturated carbocycles. The van der Waals surface area contributed by atoms with Gasteiger partial charge in [-0.1, -0.05) is 252 Å². The summed E-state index contributed by atoms with van der Waals surface area (Å²) in [4.78, 5) is 0. The molecule has 506 valence electrons. The Labute approximate surface area is 556 Å². The van der Waals surface area contributed by atoms with Crippen LogP contribution in [0.3, 0.4) is 0 Å². The number of hydrogen-bond donors (Lipinski definition) is 1. The Balaban J connectivity index is 1.72. The molecule has 0 amide bonds. The van der Waals surface area contributed by atoms with Crippen LogP contribution >= 0.6 is 0 Å². The first-order valence-electron chi connectivity index (χ1n) is 34.3. The number of aliphatic hydroxyl groups excluding tert-OH is 1. The lowest BCUT2D eigenvalue weighted by Crippen LogP contribution is -2.48. The van der Waals surface area contributed by atoms with Crippen molar-refractivity contribution in [3.8, 4) is 5.75 Å². The molecule has 0 radical (unpaired) electrons. The minimum absolute atomic E-state index is 0.000461. The zero-order valence-corrected chi connectivity index (χ0v) is 65.9. The van der Waals surface area contributed by atoms with E-state index in [4.69, 9.17) is 31.9 Å². The van der Waals surface area contributed by atoms with Crippen LogP contribution in [-0.4, -0.2) is 89.2 Å². The normalized spacial score (nSPS) is 17.6. The van der Waals surface area contributed by atoms with E-state index in [9.17, 15) is 5.11 Å². The lowest BCUT2D eigenvalue weighted by Gasteiger charge is -2.44. The molecular formula is C78H130O8Si4. The Kier molecular flexibility index (Phi) is 29.4. The zero-order valence-electron chi connectivity index (χ0n) is 61.9. The third-order valence-electron chi connectivity index (χ3n) is 21.4. The van der Waals surface area contributed by atoms with E-state index in [-0.39, 0.29) is 86.9 Å². The second-order valence-corrected chi connectivity index (χ2v) is 52.0. The molecule has 0 unspecified atom stereocenters. The summed E-state index contributed by atoms with van der Waals surface area (Å²) >= 11 is 0. The van der Waals surface area contributed by atoms with Gasteiger partial charge in [0.1, 0.15) is 11.4 Å². The summed E-state index contributed by atoms with van der Waals surface area (Å²) in [6, 6.07) is 40.0. The van der Waals surface area contributed by atoms with Crippen molar-refractivity contribution in [2.24, 2.45) is 35.5 Å². The molecule has 90 heavy (non-hydrogen) atoms. The molecule has 0 bridgehead atoms. The van der Waals surface area contributed by atoms with Gasteiger partial charge in [0.05, 0.1) is 50.8 Å². The summed E-state index contributed by atoms with van der Waals surface area (Å²) in [6.45, 7) is 62.1. The number of hydrogen-bond acceptors (Lipinski definition) is 8. The van der Waals surface area contributed by atoms with Crippen molar-refractivity contribution in [3.63, 3.8) is 0 Å². The summed E-state index contributed by atoms with van der Waals surface area (Å²) in [5.41, 5.74) is 3.52. The minimum atomic E-state index is -2.30. The average molecular weight is 1310 g/mol. The lowest BCUT2D eigenvalue weighted by molar-refractivity contribution is -0.0737. The summed E-state index contributed by atoms with van der Waals surface area (Å²) in [5, 5.41) is 10.7. The fraction of sp³-hybridized carbons (Fsp3) is 0.641. The molecule has 12 heteroatoms. The van der Waals surface area contributed by atoms with Crippen molar-refractivity contribution in [1.29, 1.82) is 0 Å². The Morgan fingerprint density at radius 1 is 0.456 bits per heavy atom. The first kappa shape index (κ1) is 79.2. The molecular weight excluding hydrogens is 1180 g/mol. The molecule has 0 spiro atoms. The van der Waals surface area contributed by atoms with E-state index in [2.05, 4.69) is 304 Å². The maximum absolute atomic E-state index is 10.7. The van der Waals surface area contributed by atoms with E-state index in [0.717, 1.165) is 53.7 Å². The highest BCUT2D eigenvalue weighted by atomic mass is 28.4. The molecule has 4 aromatic rings. The van der Waals surface area contributed by atoms with Crippen LogP contribution in [0.2, 0.25) is 72.5 Å². The molecule has 0 heterocycles.